The predicted molar refractivity (Wildman–Crippen MR) is 245 cm³/mol. The third kappa shape index (κ3) is 5.19. The quantitative estimate of drug-likeness (QED) is 0.165. The van der Waals surface area contributed by atoms with E-state index in [2.05, 4.69) is 188 Å². The molecule has 11 aromatic carbocycles. The number of benzene rings is 10. The van der Waals surface area contributed by atoms with Crippen LogP contribution in [0.4, 0.5) is 0 Å². The van der Waals surface area contributed by atoms with Gasteiger partial charge in [0.15, 0.2) is 5.82 Å². The summed E-state index contributed by atoms with van der Waals surface area (Å²) in [6, 6.07) is 74.7. The van der Waals surface area contributed by atoms with Gasteiger partial charge in [0.1, 0.15) is 0 Å². The van der Waals surface area contributed by atoms with E-state index in [0.29, 0.717) is 5.82 Å². The number of fused-ring (bicyclic) bond motifs is 2. The first-order valence-electron chi connectivity index (χ1n) is 19.9. The van der Waals surface area contributed by atoms with Crippen molar-refractivity contribution in [3.63, 3.8) is 0 Å². The fourth-order valence-electron chi connectivity index (χ4n) is 9.23. The molecule has 0 unspecified atom stereocenters. The van der Waals surface area contributed by atoms with Gasteiger partial charge in [-0.3, -0.25) is 0 Å². The molecule has 1 heterocycles. The largest absolute Gasteiger partial charge is 0.228 e. The van der Waals surface area contributed by atoms with E-state index in [1.807, 2.05) is 18.2 Å². The molecule has 12 rings (SSSR count). The van der Waals surface area contributed by atoms with Gasteiger partial charge in [0.05, 0.1) is 11.4 Å². The molecule has 0 fully saturated rings. The van der Waals surface area contributed by atoms with Crippen LogP contribution in [0.5, 0.6) is 0 Å². The summed E-state index contributed by atoms with van der Waals surface area (Å²) in [5.41, 5.74) is 9.55. The van der Waals surface area contributed by atoms with Crippen LogP contribution in [0.3, 0.4) is 0 Å². The van der Waals surface area contributed by atoms with E-state index < -0.39 is 0 Å². The minimum absolute atomic E-state index is 0.707. The Balaban J connectivity index is 1.07. The molecule has 0 spiro atoms. The average Bonchev–Trinajstić information content (AvgIpc) is 3.30. The summed E-state index contributed by atoms with van der Waals surface area (Å²) < 4.78 is 0. The van der Waals surface area contributed by atoms with E-state index >= 15 is 0 Å². The molecule has 0 atom stereocenters. The maximum Gasteiger partial charge on any atom is 0.160 e. The summed E-state index contributed by atoms with van der Waals surface area (Å²) in [5.74, 6) is 0.707. The molecule has 0 aliphatic heterocycles. The lowest BCUT2D eigenvalue weighted by Crippen LogP contribution is -1.96. The van der Waals surface area contributed by atoms with Crippen molar-refractivity contribution in [2.45, 2.75) is 0 Å². The van der Waals surface area contributed by atoms with Crippen LogP contribution in [0.1, 0.15) is 0 Å². The molecule has 0 aliphatic rings. The highest BCUT2D eigenvalue weighted by molar-refractivity contribution is 6.37. The third-order valence-electron chi connectivity index (χ3n) is 12.0. The van der Waals surface area contributed by atoms with Crippen molar-refractivity contribution in [1.29, 1.82) is 0 Å². The van der Waals surface area contributed by atoms with Crippen molar-refractivity contribution < 1.29 is 0 Å². The van der Waals surface area contributed by atoms with Crippen LogP contribution in [0.2, 0.25) is 0 Å². The van der Waals surface area contributed by atoms with E-state index in [1.54, 1.807) is 0 Å². The number of hydrogen-bond donors (Lipinski definition) is 0. The van der Waals surface area contributed by atoms with Crippen LogP contribution in [0.15, 0.2) is 206 Å². The van der Waals surface area contributed by atoms with E-state index in [4.69, 9.17) is 9.97 Å². The maximum absolute atomic E-state index is 5.21. The Morgan fingerprint density at radius 3 is 1.29 bits per heavy atom. The zero-order valence-electron chi connectivity index (χ0n) is 31.5. The topological polar surface area (TPSA) is 25.8 Å². The Labute approximate surface area is 335 Å². The first-order chi connectivity index (χ1) is 28.7. The van der Waals surface area contributed by atoms with Gasteiger partial charge in [-0.15, -0.1) is 0 Å². The molecular weight excluding hydrogens is 701 g/mol. The summed E-state index contributed by atoms with van der Waals surface area (Å²) in [6.07, 6.45) is 0. The van der Waals surface area contributed by atoms with Crippen LogP contribution in [-0.4, -0.2) is 9.97 Å². The van der Waals surface area contributed by atoms with E-state index in [1.165, 1.54) is 81.3 Å². The fraction of sp³-hybridized carbons (Fsp3) is 0. The standard InChI is InChI=1S/C56H34N2/c1-3-11-35(12-4-1)36-23-25-37(26-24-36)50-34-51(58-56(57-50)41-13-5-2-6-14-41)43-19-7-18-42(31-43)45-32-44-30-29-40-16-9-21-47-46-20-8-15-38-27-28-39-17-10-22-48(54(39)52(38)46)49(33-45)55(44)53(40)47/h1-34H. The Kier molecular flexibility index (Phi) is 7.26. The normalized spacial score (nSPS) is 11.8. The van der Waals surface area contributed by atoms with Crippen molar-refractivity contribution in [2.75, 3.05) is 0 Å². The van der Waals surface area contributed by atoms with Crippen LogP contribution in [0.25, 0.3) is 121 Å². The van der Waals surface area contributed by atoms with Gasteiger partial charge in [0, 0.05) is 16.7 Å². The monoisotopic (exact) mass is 734 g/mol. The molecule has 0 bridgehead atoms. The molecule has 58 heavy (non-hydrogen) atoms. The van der Waals surface area contributed by atoms with Crippen molar-refractivity contribution >= 4 is 64.6 Å². The Morgan fingerprint density at radius 2 is 0.672 bits per heavy atom. The Bertz CT molecular complexity index is 3530. The zero-order chi connectivity index (χ0) is 38.2. The summed E-state index contributed by atoms with van der Waals surface area (Å²) in [4.78, 5) is 10.3. The molecule has 0 saturated carbocycles. The van der Waals surface area contributed by atoms with Crippen molar-refractivity contribution in [3.8, 4) is 56.2 Å². The van der Waals surface area contributed by atoms with E-state index in [0.717, 1.165) is 33.6 Å². The van der Waals surface area contributed by atoms with E-state index in [-0.39, 0.29) is 0 Å². The molecule has 0 aliphatic carbocycles. The first kappa shape index (κ1) is 32.6. The second kappa shape index (κ2) is 12.9. The minimum Gasteiger partial charge on any atom is -0.228 e. The molecule has 0 radical (unpaired) electrons. The second-order valence-electron chi connectivity index (χ2n) is 15.3. The molecule has 0 N–H and O–H groups in total. The fourth-order valence-corrected chi connectivity index (χ4v) is 9.23. The van der Waals surface area contributed by atoms with Gasteiger partial charge in [-0.05, 0) is 111 Å². The average molecular weight is 735 g/mol. The van der Waals surface area contributed by atoms with Crippen molar-refractivity contribution in [1.82, 2.24) is 9.97 Å². The summed E-state index contributed by atoms with van der Waals surface area (Å²) >= 11 is 0. The molecule has 2 nitrogen and oxygen atoms in total. The SMILES string of the molecule is c1ccc(-c2ccc(-c3cc(-c4cccc(-c5cc6ccc7cccc8c9cccc%10ccc%11cccc(c(c5)c6c78)c%11c%109)c4)nc(-c4ccccc4)n3)cc2)cc1. The smallest absolute Gasteiger partial charge is 0.160 e. The summed E-state index contributed by atoms with van der Waals surface area (Å²) in [7, 11) is 0. The van der Waals surface area contributed by atoms with Gasteiger partial charge in [-0.25, -0.2) is 9.97 Å². The molecule has 12 aromatic rings. The summed E-state index contributed by atoms with van der Waals surface area (Å²) in [5, 5.41) is 15.4. The number of rotatable bonds is 5. The highest BCUT2D eigenvalue weighted by Gasteiger charge is 2.17. The van der Waals surface area contributed by atoms with Gasteiger partial charge in [-0.2, -0.15) is 0 Å². The lowest BCUT2D eigenvalue weighted by molar-refractivity contribution is 1.18. The van der Waals surface area contributed by atoms with Crippen LogP contribution in [-0.2, 0) is 0 Å². The minimum atomic E-state index is 0.707. The lowest BCUT2D eigenvalue weighted by atomic mass is 9.86. The van der Waals surface area contributed by atoms with Gasteiger partial charge in [0.2, 0.25) is 0 Å². The van der Waals surface area contributed by atoms with Crippen LogP contribution in [0, 0.1) is 0 Å². The molecule has 2 heteroatoms. The van der Waals surface area contributed by atoms with Crippen LogP contribution < -0.4 is 0 Å². The number of aromatic nitrogens is 2. The first-order valence-corrected chi connectivity index (χ1v) is 19.9. The molecule has 0 amide bonds. The number of nitrogens with zero attached hydrogens (tertiary/aromatic N) is 2. The van der Waals surface area contributed by atoms with Gasteiger partial charge in [-0.1, -0.05) is 182 Å². The molecule has 1 aromatic heterocycles. The Morgan fingerprint density at radius 1 is 0.224 bits per heavy atom. The Hall–Kier alpha value is -7.68. The number of hydrogen-bond acceptors (Lipinski definition) is 2. The second-order valence-corrected chi connectivity index (χ2v) is 15.3. The maximum atomic E-state index is 5.21. The van der Waals surface area contributed by atoms with Crippen molar-refractivity contribution in [3.05, 3.63) is 206 Å². The van der Waals surface area contributed by atoms with Gasteiger partial charge < -0.3 is 0 Å². The van der Waals surface area contributed by atoms with Gasteiger partial charge >= 0.3 is 0 Å². The molecular formula is C56H34N2. The summed E-state index contributed by atoms with van der Waals surface area (Å²) in [6.45, 7) is 0. The highest BCUT2D eigenvalue weighted by atomic mass is 14.9. The lowest BCUT2D eigenvalue weighted by Gasteiger charge is -2.17. The van der Waals surface area contributed by atoms with Crippen LogP contribution >= 0.6 is 0 Å². The third-order valence-corrected chi connectivity index (χ3v) is 12.0. The van der Waals surface area contributed by atoms with Gasteiger partial charge in [0.25, 0.3) is 0 Å². The van der Waals surface area contributed by atoms with Crippen molar-refractivity contribution in [2.24, 2.45) is 0 Å². The molecule has 268 valence electrons. The molecule has 0 saturated heterocycles. The zero-order valence-corrected chi connectivity index (χ0v) is 31.5. The predicted octanol–water partition coefficient (Wildman–Crippen LogP) is 15.2. The van der Waals surface area contributed by atoms with E-state index in [9.17, 15) is 0 Å². The highest BCUT2D eigenvalue weighted by Crippen LogP contribution is 2.44.